The zero-order chi connectivity index (χ0) is 22.0. The minimum atomic E-state index is -1.03. The van der Waals surface area contributed by atoms with Crippen LogP contribution in [0.3, 0.4) is 0 Å². The summed E-state index contributed by atoms with van der Waals surface area (Å²) in [5.74, 6) is -2.41. The number of aromatic carboxylic acids is 1. The number of carboxylic acids is 1. The third kappa shape index (κ3) is 4.45. The van der Waals surface area contributed by atoms with Crippen molar-refractivity contribution in [1.29, 1.82) is 0 Å². The van der Waals surface area contributed by atoms with Gasteiger partial charge in [-0.3, -0.25) is 19.8 Å². The van der Waals surface area contributed by atoms with Crippen LogP contribution in [0.2, 0.25) is 10.0 Å². The molecule has 1 fully saturated rings. The van der Waals surface area contributed by atoms with Gasteiger partial charge >= 0.3 is 12.0 Å². The van der Waals surface area contributed by atoms with Gasteiger partial charge in [-0.1, -0.05) is 35.3 Å². The van der Waals surface area contributed by atoms with E-state index in [1.807, 2.05) is 0 Å². The summed E-state index contributed by atoms with van der Waals surface area (Å²) >= 11 is 12.5. The highest BCUT2D eigenvalue weighted by Gasteiger charge is 2.33. The number of imide groups is 2. The summed E-state index contributed by atoms with van der Waals surface area (Å²) in [5.41, 5.74) is 0.984. The molecule has 10 heteroatoms. The summed E-state index contributed by atoms with van der Waals surface area (Å²) < 4.78 is 5.64. The lowest BCUT2D eigenvalue weighted by molar-refractivity contribution is -0.129. The monoisotopic (exact) mass is 448 g/mol. The van der Waals surface area contributed by atoms with Gasteiger partial charge in [0.1, 0.15) is 12.2 Å². The molecule has 0 aromatic heterocycles. The maximum atomic E-state index is 12.2. The van der Waals surface area contributed by atoms with Crippen LogP contribution in [0.5, 0.6) is 5.75 Å². The molecule has 0 radical (unpaired) electrons. The second kappa shape index (κ2) is 8.56. The van der Waals surface area contributed by atoms with E-state index < -0.39 is 23.8 Å². The van der Waals surface area contributed by atoms with Gasteiger partial charge in [-0.2, -0.15) is 0 Å². The lowest BCUT2D eigenvalue weighted by Crippen LogP contribution is -2.52. The minimum Gasteiger partial charge on any atom is -0.486 e. The van der Waals surface area contributed by atoms with E-state index in [1.54, 1.807) is 12.1 Å². The summed E-state index contributed by atoms with van der Waals surface area (Å²) in [5, 5.41) is 11.3. The van der Waals surface area contributed by atoms with Crippen molar-refractivity contribution < 1.29 is 29.0 Å². The Labute approximate surface area is 180 Å². The van der Waals surface area contributed by atoms with Crippen molar-refractivity contribution in [2.24, 2.45) is 0 Å². The Morgan fingerprint density at radius 2 is 1.73 bits per heavy atom. The summed E-state index contributed by atoms with van der Waals surface area (Å²) in [4.78, 5) is 47.3. The van der Waals surface area contributed by atoms with E-state index in [1.165, 1.54) is 37.4 Å². The fourth-order valence-corrected chi connectivity index (χ4v) is 3.23. The molecule has 0 saturated carbocycles. The first kappa shape index (κ1) is 21.4. The molecule has 0 atom stereocenters. The summed E-state index contributed by atoms with van der Waals surface area (Å²) in [6.07, 6.45) is 1.27. The topological polar surface area (TPSA) is 113 Å². The van der Waals surface area contributed by atoms with Crippen LogP contribution in [0.15, 0.2) is 42.0 Å². The number of carbonyl (C=O) groups excluding carboxylic acids is 3. The van der Waals surface area contributed by atoms with Gasteiger partial charge in [0.25, 0.3) is 11.8 Å². The van der Waals surface area contributed by atoms with Crippen LogP contribution in [0.4, 0.5) is 4.79 Å². The summed E-state index contributed by atoms with van der Waals surface area (Å²) in [6, 6.07) is 8.23. The molecule has 2 aromatic rings. The Morgan fingerprint density at radius 1 is 1.13 bits per heavy atom. The molecule has 154 valence electrons. The number of urea groups is 1. The third-order valence-corrected chi connectivity index (χ3v) is 4.78. The van der Waals surface area contributed by atoms with E-state index in [2.05, 4.69) is 5.32 Å². The minimum absolute atomic E-state index is 0.0908. The summed E-state index contributed by atoms with van der Waals surface area (Å²) in [7, 11) is 1.25. The zero-order valence-electron chi connectivity index (χ0n) is 15.4. The average Bonchev–Trinajstić information content (AvgIpc) is 2.69. The quantitative estimate of drug-likeness (QED) is 0.535. The van der Waals surface area contributed by atoms with Crippen molar-refractivity contribution in [3.63, 3.8) is 0 Å². The van der Waals surface area contributed by atoms with Gasteiger partial charge < -0.3 is 9.84 Å². The molecule has 1 heterocycles. The van der Waals surface area contributed by atoms with Gasteiger partial charge in [0.05, 0.1) is 15.6 Å². The molecule has 0 aliphatic carbocycles. The molecular weight excluding hydrogens is 435 g/mol. The first-order valence-electron chi connectivity index (χ1n) is 8.46. The first-order chi connectivity index (χ1) is 14.2. The molecule has 0 bridgehead atoms. The first-order valence-corrected chi connectivity index (χ1v) is 9.22. The number of hydrogen-bond acceptors (Lipinski definition) is 5. The molecule has 2 aromatic carbocycles. The van der Waals surface area contributed by atoms with Gasteiger partial charge in [0.2, 0.25) is 0 Å². The van der Waals surface area contributed by atoms with E-state index >= 15 is 0 Å². The van der Waals surface area contributed by atoms with Crippen LogP contribution >= 0.6 is 23.2 Å². The van der Waals surface area contributed by atoms with Crippen molar-refractivity contribution in [2.75, 3.05) is 7.05 Å². The van der Waals surface area contributed by atoms with Gasteiger partial charge in [-0.15, -0.1) is 0 Å². The number of nitrogens with one attached hydrogen (secondary N) is 1. The predicted molar refractivity (Wildman–Crippen MR) is 108 cm³/mol. The second-order valence-corrected chi connectivity index (χ2v) is 7.10. The maximum absolute atomic E-state index is 12.2. The smallest absolute Gasteiger partial charge is 0.335 e. The highest BCUT2D eigenvalue weighted by Crippen LogP contribution is 2.35. The lowest BCUT2D eigenvalue weighted by atomic mass is 10.1. The number of rotatable bonds is 5. The molecule has 30 heavy (non-hydrogen) atoms. The standard InChI is InChI=1S/C20H14Cl2N2O6/c1-24-18(26)13(17(25)23-20(24)29)6-11-7-14(21)16(15(22)8-11)30-9-10-2-4-12(5-3-10)19(27)28/h2-8H,9H2,1H3,(H,27,28)(H,23,25,29)/b13-6+. The highest BCUT2D eigenvalue weighted by molar-refractivity contribution is 6.37. The third-order valence-electron chi connectivity index (χ3n) is 4.22. The maximum Gasteiger partial charge on any atom is 0.335 e. The molecule has 4 amide bonds. The fourth-order valence-electron chi connectivity index (χ4n) is 2.61. The molecule has 8 nitrogen and oxygen atoms in total. The molecule has 0 spiro atoms. The molecule has 1 aliphatic heterocycles. The van der Waals surface area contributed by atoms with Crippen LogP contribution in [0.1, 0.15) is 21.5 Å². The van der Waals surface area contributed by atoms with E-state index in [9.17, 15) is 19.2 Å². The second-order valence-electron chi connectivity index (χ2n) is 6.29. The van der Waals surface area contributed by atoms with Gasteiger partial charge in [-0.25, -0.2) is 9.59 Å². The molecule has 0 unspecified atom stereocenters. The molecule has 3 rings (SSSR count). The van der Waals surface area contributed by atoms with Crippen molar-refractivity contribution in [1.82, 2.24) is 10.2 Å². The summed E-state index contributed by atoms with van der Waals surface area (Å²) in [6.45, 7) is 0.0908. The van der Waals surface area contributed by atoms with Crippen molar-refractivity contribution in [3.8, 4) is 5.75 Å². The number of hydrogen-bond donors (Lipinski definition) is 2. The highest BCUT2D eigenvalue weighted by atomic mass is 35.5. The van der Waals surface area contributed by atoms with E-state index in [0.29, 0.717) is 11.1 Å². The number of barbiturate groups is 1. The van der Waals surface area contributed by atoms with Gasteiger partial charge in [-0.05, 0) is 41.5 Å². The van der Waals surface area contributed by atoms with Crippen molar-refractivity contribution >= 4 is 53.1 Å². The van der Waals surface area contributed by atoms with Crippen molar-refractivity contribution in [3.05, 3.63) is 68.7 Å². The van der Waals surface area contributed by atoms with E-state index in [4.69, 9.17) is 33.0 Å². The predicted octanol–water partition coefficient (Wildman–Crippen LogP) is 3.36. The Balaban J connectivity index is 1.80. The Hall–Kier alpha value is -3.36. The molecule has 1 aliphatic rings. The van der Waals surface area contributed by atoms with Crippen LogP contribution < -0.4 is 10.1 Å². The van der Waals surface area contributed by atoms with Crippen molar-refractivity contribution in [2.45, 2.75) is 6.61 Å². The number of ether oxygens (including phenoxy) is 1. The lowest BCUT2D eigenvalue weighted by Gasteiger charge is -2.22. The number of benzene rings is 2. The molecule has 1 saturated heterocycles. The average molecular weight is 449 g/mol. The van der Waals surface area contributed by atoms with Crippen LogP contribution in [-0.4, -0.2) is 40.9 Å². The normalized spacial score (nSPS) is 15.4. The fraction of sp³-hybridized carbons (Fsp3) is 0.100. The van der Waals surface area contributed by atoms with Gasteiger partial charge in [0, 0.05) is 7.05 Å². The number of carbonyl (C=O) groups is 4. The molecule has 2 N–H and O–H groups in total. The Morgan fingerprint density at radius 3 is 2.30 bits per heavy atom. The number of amides is 4. The Kier molecular flexibility index (Phi) is 6.09. The van der Waals surface area contributed by atoms with E-state index in [0.717, 1.165) is 4.90 Å². The number of nitrogens with zero attached hydrogens (tertiary/aromatic N) is 1. The van der Waals surface area contributed by atoms with Crippen LogP contribution in [-0.2, 0) is 16.2 Å². The van der Waals surface area contributed by atoms with Crippen LogP contribution in [0, 0.1) is 0 Å². The van der Waals surface area contributed by atoms with Crippen LogP contribution in [0.25, 0.3) is 6.08 Å². The van der Waals surface area contributed by atoms with E-state index in [-0.39, 0.29) is 33.5 Å². The Bertz CT molecular complexity index is 1070. The zero-order valence-corrected chi connectivity index (χ0v) is 17.0. The number of likely N-dealkylation sites (N-methyl/N-ethyl adjacent to an activating group) is 1. The SMILES string of the molecule is CN1C(=O)NC(=O)/C(=C\c2cc(Cl)c(OCc3ccc(C(=O)O)cc3)c(Cl)c2)C1=O. The number of halogens is 2. The van der Waals surface area contributed by atoms with Gasteiger partial charge in [0.15, 0.2) is 5.75 Å². The largest absolute Gasteiger partial charge is 0.486 e. The number of carboxylic acid groups (broad SMARTS) is 1. The molecular formula is C20H14Cl2N2O6.